The molecule has 2 heterocycles. The molecule has 2 fully saturated rings. The maximum Gasteiger partial charge on any atom is 0.0594 e. The molecule has 0 radical (unpaired) electrons. The summed E-state index contributed by atoms with van der Waals surface area (Å²) in [5.74, 6) is 0.708. The van der Waals surface area contributed by atoms with E-state index in [9.17, 15) is 0 Å². The van der Waals surface area contributed by atoms with Crippen molar-refractivity contribution in [3.63, 3.8) is 0 Å². The fraction of sp³-hybridized carbons (Fsp3) is 1.00. The molecule has 2 aliphatic rings. The third kappa shape index (κ3) is 4.19. The van der Waals surface area contributed by atoms with Crippen LogP contribution in [0.2, 0.25) is 0 Å². The van der Waals surface area contributed by atoms with Crippen LogP contribution >= 0.6 is 0 Å². The molecule has 1 unspecified atom stereocenters. The zero-order valence-corrected chi connectivity index (χ0v) is 11.9. The SMILES string of the molecule is CC(C)(CNCC1CCCOC1)N1CCOCC1. The molecule has 0 saturated carbocycles. The van der Waals surface area contributed by atoms with Crippen LogP contribution in [0, 0.1) is 5.92 Å². The summed E-state index contributed by atoms with van der Waals surface area (Å²) in [5.41, 5.74) is 0.222. The van der Waals surface area contributed by atoms with Gasteiger partial charge in [0.25, 0.3) is 0 Å². The largest absolute Gasteiger partial charge is 0.381 e. The van der Waals surface area contributed by atoms with Gasteiger partial charge < -0.3 is 14.8 Å². The number of rotatable bonds is 5. The Labute approximate surface area is 111 Å². The highest BCUT2D eigenvalue weighted by molar-refractivity contribution is 4.85. The van der Waals surface area contributed by atoms with E-state index in [1.807, 2.05) is 0 Å². The third-order valence-electron chi connectivity index (χ3n) is 4.11. The Hall–Kier alpha value is -0.160. The Balaban J connectivity index is 1.67. The summed E-state index contributed by atoms with van der Waals surface area (Å²) in [6.07, 6.45) is 2.53. The fourth-order valence-electron chi connectivity index (χ4n) is 2.83. The van der Waals surface area contributed by atoms with E-state index in [-0.39, 0.29) is 5.54 Å². The highest BCUT2D eigenvalue weighted by atomic mass is 16.5. The molecule has 2 rings (SSSR count). The van der Waals surface area contributed by atoms with Gasteiger partial charge in [-0.1, -0.05) is 0 Å². The summed E-state index contributed by atoms with van der Waals surface area (Å²) >= 11 is 0. The standard InChI is InChI=1S/C14H28N2O2/c1-14(2,16-5-8-17-9-6-16)12-15-10-13-4-3-7-18-11-13/h13,15H,3-12H2,1-2H3. The summed E-state index contributed by atoms with van der Waals surface area (Å²) in [4.78, 5) is 2.53. The third-order valence-corrected chi connectivity index (χ3v) is 4.11. The van der Waals surface area contributed by atoms with Crippen LogP contribution in [-0.4, -0.2) is 63.0 Å². The number of ether oxygens (including phenoxy) is 2. The molecule has 1 N–H and O–H groups in total. The van der Waals surface area contributed by atoms with Crippen molar-refractivity contribution < 1.29 is 9.47 Å². The van der Waals surface area contributed by atoms with Gasteiger partial charge in [0.05, 0.1) is 19.8 Å². The molecule has 18 heavy (non-hydrogen) atoms. The number of nitrogens with one attached hydrogen (secondary N) is 1. The molecular formula is C14H28N2O2. The number of morpholine rings is 1. The summed E-state index contributed by atoms with van der Waals surface area (Å²) in [5, 5.41) is 3.63. The Morgan fingerprint density at radius 1 is 1.17 bits per heavy atom. The normalized spacial score (nSPS) is 27.3. The van der Waals surface area contributed by atoms with Crippen molar-refractivity contribution in [2.45, 2.75) is 32.2 Å². The van der Waals surface area contributed by atoms with Crippen LogP contribution in [0.3, 0.4) is 0 Å². The van der Waals surface area contributed by atoms with E-state index in [4.69, 9.17) is 9.47 Å². The zero-order valence-electron chi connectivity index (χ0n) is 11.9. The topological polar surface area (TPSA) is 33.7 Å². The van der Waals surface area contributed by atoms with E-state index in [0.29, 0.717) is 5.92 Å². The van der Waals surface area contributed by atoms with Gasteiger partial charge >= 0.3 is 0 Å². The molecule has 0 aromatic rings. The number of hydrogen-bond acceptors (Lipinski definition) is 4. The molecule has 2 aliphatic heterocycles. The predicted octanol–water partition coefficient (Wildman–Crippen LogP) is 1.11. The van der Waals surface area contributed by atoms with Crippen LogP contribution in [0.25, 0.3) is 0 Å². The molecule has 106 valence electrons. The first-order valence-corrected chi connectivity index (χ1v) is 7.30. The molecule has 0 aliphatic carbocycles. The Morgan fingerprint density at radius 3 is 2.61 bits per heavy atom. The van der Waals surface area contributed by atoms with E-state index < -0.39 is 0 Å². The van der Waals surface area contributed by atoms with E-state index in [1.54, 1.807) is 0 Å². The second-order valence-corrected chi connectivity index (χ2v) is 6.13. The molecule has 2 saturated heterocycles. The van der Waals surface area contributed by atoms with Crippen molar-refractivity contribution in [2.24, 2.45) is 5.92 Å². The Kier molecular flexibility index (Phi) is 5.42. The average molecular weight is 256 g/mol. The minimum Gasteiger partial charge on any atom is -0.381 e. The van der Waals surface area contributed by atoms with Crippen molar-refractivity contribution >= 4 is 0 Å². The molecule has 0 aromatic heterocycles. The van der Waals surface area contributed by atoms with Gasteiger partial charge in [-0.3, -0.25) is 4.90 Å². The van der Waals surface area contributed by atoms with E-state index in [1.165, 1.54) is 12.8 Å². The summed E-state index contributed by atoms with van der Waals surface area (Å²) in [6, 6.07) is 0. The molecule has 4 nitrogen and oxygen atoms in total. The molecule has 0 amide bonds. The molecule has 4 heteroatoms. The van der Waals surface area contributed by atoms with Crippen LogP contribution in [0.4, 0.5) is 0 Å². The molecular weight excluding hydrogens is 228 g/mol. The highest BCUT2D eigenvalue weighted by Crippen LogP contribution is 2.16. The van der Waals surface area contributed by atoms with Gasteiger partial charge in [0.2, 0.25) is 0 Å². The van der Waals surface area contributed by atoms with E-state index in [2.05, 4.69) is 24.1 Å². The lowest BCUT2D eigenvalue weighted by atomic mass is 9.99. The lowest BCUT2D eigenvalue weighted by molar-refractivity contribution is -0.0107. The fourth-order valence-corrected chi connectivity index (χ4v) is 2.83. The second-order valence-electron chi connectivity index (χ2n) is 6.13. The van der Waals surface area contributed by atoms with Crippen molar-refractivity contribution in [3.05, 3.63) is 0 Å². The quantitative estimate of drug-likeness (QED) is 0.799. The first-order chi connectivity index (χ1) is 8.68. The van der Waals surface area contributed by atoms with Crippen molar-refractivity contribution in [1.29, 1.82) is 0 Å². The van der Waals surface area contributed by atoms with Gasteiger partial charge in [-0.2, -0.15) is 0 Å². The Morgan fingerprint density at radius 2 is 1.94 bits per heavy atom. The van der Waals surface area contributed by atoms with Crippen LogP contribution in [0.1, 0.15) is 26.7 Å². The van der Waals surface area contributed by atoms with Crippen LogP contribution in [0.15, 0.2) is 0 Å². The summed E-state index contributed by atoms with van der Waals surface area (Å²) in [7, 11) is 0. The van der Waals surface area contributed by atoms with Crippen molar-refractivity contribution in [1.82, 2.24) is 10.2 Å². The second kappa shape index (κ2) is 6.85. The minimum atomic E-state index is 0.222. The van der Waals surface area contributed by atoms with Crippen molar-refractivity contribution in [3.8, 4) is 0 Å². The van der Waals surface area contributed by atoms with Gasteiger partial charge in [0.1, 0.15) is 0 Å². The molecule has 0 spiro atoms. The van der Waals surface area contributed by atoms with E-state index >= 15 is 0 Å². The maximum atomic E-state index is 5.51. The Bertz CT molecular complexity index is 234. The number of hydrogen-bond donors (Lipinski definition) is 1. The van der Waals surface area contributed by atoms with Crippen molar-refractivity contribution in [2.75, 3.05) is 52.6 Å². The number of nitrogens with zero attached hydrogens (tertiary/aromatic N) is 1. The first kappa shape index (κ1) is 14.3. The lowest BCUT2D eigenvalue weighted by Gasteiger charge is -2.41. The maximum absolute atomic E-state index is 5.51. The van der Waals surface area contributed by atoms with Crippen LogP contribution in [-0.2, 0) is 9.47 Å². The smallest absolute Gasteiger partial charge is 0.0594 e. The predicted molar refractivity (Wildman–Crippen MR) is 72.9 cm³/mol. The molecule has 1 atom stereocenters. The van der Waals surface area contributed by atoms with E-state index in [0.717, 1.165) is 52.6 Å². The lowest BCUT2D eigenvalue weighted by Crippen LogP contribution is -2.55. The van der Waals surface area contributed by atoms with Gasteiger partial charge in [-0.15, -0.1) is 0 Å². The minimum absolute atomic E-state index is 0.222. The van der Waals surface area contributed by atoms with Crippen LogP contribution in [0.5, 0.6) is 0 Å². The van der Waals surface area contributed by atoms with Crippen LogP contribution < -0.4 is 5.32 Å². The summed E-state index contributed by atoms with van der Waals surface area (Å²) < 4.78 is 10.9. The van der Waals surface area contributed by atoms with Gasteiger partial charge in [-0.05, 0) is 32.6 Å². The summed E-state index contributed by atoms with van der Waals surface area (Å²) in [6.45, 7) is 12.5. The van der Waals surface area contributed by atoms with Gasteiger partial charge in [0, 0.05) is 38.3 Å². The average Bonchev–Trinajstić information content (AvgIpc) is 2.41. The zero-order chi connectivity index (χ0) is 12.8. The monoisotopic (exact) mass is 256 g/mol. The van der Waals surface area contributed by atoms with Gasteiger partial charge in [0.15, 0.2) is 0 Å². The first-order valence-electron chi connectivity index (χ1n) is 7.30. The highest BCUT2D eigenvalue weighted by Gasteiger charge is 2.28. The molecule has 0 bridgehead atoms. The molecule has 0 aromatic carbocycles. The van der Waals surface area contributed by atoms with Gasteiger partial charge in [-0.25, -0.2) is 0 Å².